The standard InChI is InChI=1S/C23H28N2O4/c1-15(2)22(27)29-16(3)14-28-18-12-19(23(4,5)6)21(26)20(13-18)25-24-17-10-8-7-9-11-17/h7-13,16,26H,1,14H2,2-6H3. The highest BCUT2D eigenvalue weighted by Gasteiger charge is 2.22. The zero-order valence-corrected chi connectivity index (χ0v) is 17.6. The molecule has 6 nitrogen and oxygen atoms in total. The molecule has 0 aromatic heterocycles. The fraction of sp³-hybridized carbons (Fsp3) is 0.348. The molecule has 0 heterocycles. The monoisotopic (exact) mass is 396 g/mol. The van der Waals surface area contributed by atoms with Gasteiger partial charge in [0.2, 0.25) is 0 Å². The van der Waals surface area contributed by atoms with E-state index >= 15 is 0 Å². The Morgan fingerprint density at radius 3 is 2.41 bits per heavy atom. The van der Waals surface area contributed by atoms with Crippen LogP contribution in [0, 0.1) is 0 Å². The first kappa shape index (κ1) is 22.1. The predicted molar refractivity (Wildman–Crippen MR) is 113 cm³/mol. The van der Waals surface area contributed by atoms with E-state index in [2.05, 4.69) is 16.8 Å². The molecule has 2 aromatic rings. The highest BCUT2D eigenvalue weighted by atomic mass is 16.6. The van der Waals surface area contributed by atoms with Gasteiger partial charge < -0.3 is 14.6 Å². The Bertz CT molecular complexity index is 899. The normalized spacial score (nSPS) is 12.6. The second-order valence-electron chi connectivity index (χ2n) is 7.93. The minimum Gasteiger partial charge on any atom is -0.505 e. The number of benzene rings is 2. The SMILES string of the molecule is C=C(C)C(=O)OC(C)COc1cc(N=Nc2ccccc2)c(O)c(C(C)(C)C)c1. The fourth-order valence-corrected chi connectivity index (χ4v) is 2.46. The topological polar surface area (TPSA) is 80.5 Å². The predicted octanol–water partition coefficient (Wildman–Crippen LogP) is 5.99. The largest absolute Gasteiger partial charge is 0.505 e. The van der Waals surface area contributed by atoms with Crippen molar-refractivity contribution in [2.24, 2.45) is 10.2 Å². The van der Waals surface area contributed by atoms with Gasteiger partial charge >= 0.3 is 5.97 Å². The Balaban J connectivity index is 2.27. The Morgan fingerprint density at radius 2 is 1.83 bits per heavy atom. The molecular weight excluding hydrogens is 368 g/mol. The Hall–Kier alpha value is -3.15. The van der Waals surface area contributed by atoms with E-state index in [-0.39, 0.29) is 17.8 Å². The van der Waals surface area contributed by atoms with Crippen molar-refractivity contribution in [1.29, 1.82) is 0 Å². The van der Waals surface area contributed by atoms with Crippen molar-refractivity contribution in [3.63, 3.8) is 0 Å². The number of hydrogen-bond acceptors (Lipinski definition) is 6. The van der Waals surface area contributed by atoms with Crippen molar-refractivity contribution in [1.82, 2.24) is 0 Å². The third kappa shape index (κ3) is 6.45. The van der Waals surface area contributed by atoms with Gasteiger partial charge in [-0.15, -0.1) is 5.11 Å². The van der Waals surface area contributed by atoms with Crippen molar-refractivity contribution in [3.05, 3.63) is 60.2 Å². The van der Waals surface area contributed by atoms with Gasteiger partial charge in [0.1, 0.15) is 29.9 Å². The highest BCUT2D eigenvalue weighted by Crippen LogP contribution is 2.41. The lowest BCUT2D eigenvalue weighted by Gasteiger charge is -2.22. The summed E-state index contributed by atoms with van der Waals surface area (Å²) in [4.78, 5) is 11.6. The van der Waals surface area contributed by atoms with Crippen molar-refractivity contribution in [2.75, 3.05) is 6.61 Å². The van der Waals surface area contributed by atoms with E-state index in [9.17, 15) is 9.90 Å². The molecule has 0 aliphatic rings. The van der Waals surface area contributed by atoms with E-state index in [1.807, 2.05) is 51.1 Å². The van der Waals surface area contributed by atoms with Crippen LogP contribution in [0.1, 0.15) is 40.2 Å². The molecule has 2 rings (SSSR count). The second kappa shape index (κ2) is 9.37. The summed E-state index contributed by atoms with van der Waals surface area (Å²) in [5, 5.41) is 19.1. The van der Waals surface area contributed by atoms with Gasteiger partial charge in [0.15, 0.2) is 0 Å². The maximum atomic E-state index is 11.6. The van der Waals surface area contributed by atoms with Crippen LogP contribution >= 0.6 is 0 Å². The maximum absolute atomic E-state index is 11.6. The van der Waals surface area contributed by atoms with Gasteiger partial charge in [-0.3, -0.25) is 0 Å². The summed E-state index contributed by atoms with van der Waals surface area (Å²) in [6.07, 6.45) is -0.458. The zero-order chi connectivity index (χ0) is 21.6. The molecule has 0 radical (unpaired) electrons. The summed E-state index contributed by atoms with van der Waals surface area (Å²) in [6, 6.07) is 12.6. The average Bonchev–Trinajstić information content (AvgIpc) is 2.65. The van der Waals surface area contributed by atoms with E-state index in [4.69, 9.17) is 9.47 Å². The minimum atomic E-state index is -0.459. The van der Waals surface area contributed by atoms with Gasteiger partial charge in [-0.1, -0.05) is 45.5 Å². The molecule has 0 bridgehead atoms. The van der Waals surface area contributed by atoms with Crippen LogP contribution < -0.4 is 4.74 Å². The summed E-state index contributed by atoms with van der Waals surface area (Å²) < 4.78 is 11.0. The molecule has 154 valence electrons. The molecule has 0 aliphatic heterocycles. The molecule has 6 heteroatoms. The number of aromatic hydroxyl groups is 1. The number of rotatable bonds is 7. The minimum absolute atomic E-state index is 0.0614. The number of azo groups is 1. The molecule has 1 unspecified atom stereocenters. The van der Waals surface area contributed by atoms with E-state index in [1.54, 1.807) is 26.0 Å². The van der Waals surface area contributed by atoms with E-state index in [0.29, 0.717) is 28.3 Å². The number of nitrogens with zero attached hydrogens (tertiary/aromatic N) is 2. The lowest BCUT2D eigenvalue weighted by molar-refractivity contribution is -0.144. The van der Waals surface area contributed by atoms with E-state index < -0.39 is 12.1 Å². The van der Waals surface area contributed by atoms with Crippen LogP contribution in [-0.4, -0.2) is 23.8 Å². The quantitative estimate of drug-likeness (QED) is 0.354. The van der Waals surface area contributed by atoms with Gasteiger partial charge in [0.05, 0.1) is 5.69 Å². The maximum Gasteiger partial charge on any atom is 0.333 e. The first-order valence-electron chi connectivity index (χ1n) is 9.41. The molecule has 0 saturated heterocycles. The third-order valence-electron chi connectivity index (χ3n) is 4.04. The molecule has 0 amide bonds. The van der Waals surface area contributed by atoms with E-state index in [0.717, 1.165) is 0 Å². The summed E-state index contributed by atoms with van der Waals surface area (Å²) in [5.74, 6) is 0.110. The summed E-state index contributed by atoms with van der Waals surface area (Å²) in [7, 11) is 0. The first-order chi connectivity index (χ1) is 13.6. The number of phenols is 1. The van der Waals surface area contributed by atoms with E-state index in [1.165, 1.54) is 0 Å². The molecule has 0 fully saturated rings. The molecule has 0 spiro atoms. The molecule has 0 aliphatic carbocycles. The lowest BCUT2D eigenvalue weighted by Crippen LogP contribution is -2.22. The molecule has 29 heavy (non-hydrogen) atoms. The lowest BCUT2D eigenvalue weighted by atomic mass is 9.86. The molecular formula is C23H28N2O4. The van der Waals surface area contributed by atoms with Crippen LogP contribution in [0.25, 0.3) is 0 Å². The van der Waals surface area contributed by atoms with Gasteiger partial charge in [-0.25, -0.2) is 4.79 Å². The Morgan fingerprint density at radius 1 is 1.17 bits per heavy atom. The Kier molecular flexibility index (Phi) is 7.15. The molecule has 1 atom stereocenters. The molecule has 2 aromatic carbocycles. The average molecular weight is 396 g/mol. The summed E-state index contributed by atoms with van der Waals surface area (Å²) >= 11 is 0. The number of hydrogen-bond donors (Lipinski definition) is 1. The van der Waals surface area contributed by atoms with Crippen LogP contribution in [0.2, 0.25) is 0 Å². The van der Waals surface area contributed by atoms with Gasteiger partial charge in [-0.05, 0) is 37.5 Å². The fourth-order valence-electron chi connectivity index (χ4n) is 2.46. The second-order valence-corrected chi connectivity index (χ2v) is 7.93. The third-order valence-corrected chi connectivity index (χ3v) is 4.04. The van der Waals surface area contributed by atoms with Crippen molar-refractivity contribution >= 4 is 17.3 Å². The first-order valence-corrected chi connectivity index (χ1v) is 9.41. The van der Waals surface area contributed by atoms with Crippen LogP contribution in [0.4, 0.5) is 11.4 Å². The van der Waals surface area contributed by atoms with Crippen molar-refractivity contribution < 1.29 is 19.4 Å². The summed E-state index contributed by atoms with van der Waals surface area (Å²) in [5.41, 5.74) is 1.67. The van der Waals surface area contributed by atoms with Crippen LogP contribution in [-0.2, 0) is 14.9 Å². The van der Waals surface area contributed by atoms with Crippen LogP contribution in [0.5, 0.6) is 11.5 Å². The van der Waals surface area contributed by atoms with Crippen LogP contribution in [0.15, 0.2) is 64.8 Å². The number of carbonyl (C=O) groups excluding carboxylic acids is 1. The zero-order valence-electron chi connectivity index (χ0n) is 17.6. The smallest absolute Gasteiger partial charge is 0.333 e. The number of ether oxygens (including phenoxy) is 2. The number of esters is 1. The molecule has 0 saturated carbocycles. The number of carbonyl (C=O) groups is 1. The Labute approximate surface area is 171 Å². The highest BCUT2D eigenvalue weighted by molar-refractivity contribution is 5.87. The van der Waals surface area contributed by atoms with Crippen molar-refractivity contribution in [2.45, 2.75) is 46.1 Å². The summed E-state index contributed by atoms with van der Waals surface area (Å²) in [6.45, 7) is 13.0. The van der Waals surface area contributed by atoms with Gasteiger partial charge in [-0.2, -0.15) is 5.11 Å². The van der Waals surface area contributed by atoms with Gasteiger partial charge in [0.25, 0.3) is 0 Å². The number of phenolic OH excluding ortho intramolecular Hbond substituents is 1. The molecule has 1 N–H and O–H groups in total. The van der Waals surface area contributed by atoms with Crippen LogP contribution in [0.3, 0.4) is 0 Å². The van der Waals surface area contributed by atoms with Gasteiger partial charge in [0, 0.05) is 17.2 Å². The van der Waals surface area contributed by atoms with Crippen molar-refractivity contribution in [3.8, 4) is 11.5 Å².